The maximum Gasteiger partial charge on any atom is -0.0139 e. The van der Waals surface area contributed by atoms with Gasteiger partial charge in [-0.05, 0) is 40.0 Å². The molecule has 1 aromatic rings. The summed E-state index contributed by atoms with van der Waals surface area (Å²) in [6.07, 6.45) is 11.6. The molecule has 0 bridgehead atoms. The first kappa shape index (κ1) is 17.7. The molecule has 19 heavy (non-hydrogen) atoms. The van der Waals surface area contributed by atoms with Crippen molar-refractivity contribution >= 4 is 0 Å². The molecule has 0 atom stereocenters. The Morgan fingerprint density at radius 1 is 1.00 bits per heavy atom. The Morgan fingerprint density at radius 2 is 1.53 bits per heavy atom. The first-order chi connectivity index (χ1) is 9.13. The van der Waals surface area contributed by atoms with Gasteiger partial charge in [0.2, 0.25) is 0 Å². The highest BCUT2D eigenvalue weighted by molar-refractivity contribution is 5.19. The van der Waals surface area contributed by atoms with Gasteiger partial charge in [-0.3, -0.25) is 0 Å². The van der Waals surface area contributed by atoms with Crippen LogP contribution in [0.4, 0.5) is 0 Å². The fourth-order valence-corrected chi connectivity index (χ4v) is 1.80. The molecule has 0 amide bonds. The molecule has 0 aliphatic heterocycles. The zero-order valence-corrected chi connectivity index (χ0v) is 13.4. The molecule has 0 radical (unpaired) electrons. The fraction of sp³-hybridized carbons (Fsp3) is 0.474. The van der Waals surface area contributed by atoms with Crippen LogP contribution in [0.1, 0.15) is 57.6 Å². The van der Waals surface area contributed by atoms with Gasteiger partial charge in [0, 0.05) is 0 Å². The molecule has 0 saturated heterocycles. The van der Waals surface area contributed by atoms with Crippen LogP contribution in [-0.4, -0.2) is 0 Å². The average Bonchev–Trinajstić information content (AvgIpc) is 2.41. The molecule has 1 aromatic carbocycles. The second kappa shape index (κ2) is 11.8. The largest absolute Gasteiger partial charge is 0.0913 e. The minimum atomic E-state index is 1.15. The summed E-state index contributed by atoms with van der Waals surface area (Å²) in [6.45, 7) is 10.7. The van der Waals surface area contributed by atoms with E-state index >= 15 is 0 Å². The minimum absolute atomic E-state index is 1.15. The Morgan fingerprint density at radius 3 is 1.89 bits per heavy atom. The zero-order valence-electron chi connectivity index (χ0n) is 13.4. The lowest BCUT2D eigenvalue weighted by atomic mass is 10.1. The van der Waals surface area contributed by atoms with Gasteiger partial charge in [-0.25, -0.2) is 0 Å². The van der Waals surface area contributed by atoms with Crippen LogP contribution in [0, 0.1) is 13.8 Å². The fourth-order valence-electron chi connectivity index (χ4n) is 1.80. The van der Waals surface area contributed by atoms with Gasteiger partial charge < -0.3 is 0 Å². The maximum absolute atomic E-state index is 2.35. The SMILES string of the molecule is C/C=C\C/C(=C\CC)CCC.Cc1ccc(C)cc1. The van der Waals surface area contributed by atoms with E-state index in [1.165, 1.54) is 30.4 Å². The summed E-state index contributed by atoms with van der Waals surface area (Å²) in [4.78, 5) is 0. The van der Waals surface area contributed by atoms with Crippen molar-refractivity contribution in [1.82, 2.24) is 0 Å². The van der Waals surface area contributed by atoms with Gasteiger partial charge in [-0.1, -0.05) is 79.5 Å². The third kappa shape index (κ3) is 10.3. The van der Waals surface area contributed by atoms with Crippen LogP contribution in [0.3, 0.4) is 0 Å². The lowest BCUT2D eigenvalue weighted by Gasteiger charge is -2.00. The van der Waals surface area contributed by atoms with E-state index < -0.39 is 0 Å². The molecule has 0 aliphatic rings. The van der Waals surface area contributed by atoms with E-state index in [2.05, 4.69) is 77.1 Å². The van der Waals surface area contributed by atoms with Crippen molar-refractivity contribution in [2.45, 2.75) is 60.3 Å². The quantitative estimate of drug-likeness (QED) is 0.537. The highest BCUT2D eigenvalue weighted by Crippen LogP contribution is 2.11. The van der Waals surface area contributed by atoms with E-state index in [1.807, 2.05) is 0 Å². The van der Waals surface area contributed by atoms with Crippen molar-refractivity contribution in [2.24, 2.45) is 0 Å². The van der Waals surface area contributed by atoms with Crippen LogP contribution < -0.4 is 0 Å². The first-order valence-corrected chi connectivity index (χ1v) is 7.46. The third-order valence-corrected chi connectivity index (χ3v) is 2.90. The van der Waals surface area contributed by atoms with Crippen molar-refractivity contribution in [2.75, 3.05) is 0 Å². The summed E-state index contributed by atoms with van der Waals surface area (Å²) in [5.41, 5.74) is 4.25. The third-order valence-electron chi connectivity index (χ3n) is 2.90. The molecule has 0 fully saturated rings. The topological polar surface area (TPSA) is 0 Å². The summed E-state index contributed by atoms with van der Waals surface area (Å²) < 4.78 is 0. The number of hydrogen-bond acceptors (Lipinski definition) is 0. The molecule has 0 aromatic heterocycles. The lowest BCUT2D eigenvalue weighted by Crippen LogP contribution is -1.80. The molecule has 0 unspecified atom stereocenters. The van der Waals surface area contributed by atoms with E-state index in [0.29, 0.717) is 0 Å². The van der Waals surface area contributed by atoms with Gasteiger partial charge in [0.1, 0.15) is 0 Å². The zero-order chi connectivity index (χ0) is 14.5. The molecular weight excluding hydrogens is 228 g/mol. The molecule has 1 rings (SSSR count). The van der Waals surface area contributed by atoms with Crippen LogP contribution in [0.15, 0.2) is 48.1 Å². The van der Waals surface area contributed by atoms with Gasteiger partial charge in [0.15, 0.2) is 0 Å². The molecule has 0 heteroatoms. The minimum Gasteiger partial charge on any atom is -0.0913 e. The van der Waals surface area contributed by atoms with E-state index in [4.69, 9.17) is 0 Å². The maximum atomic E-state index is 2.35. The lowest BCUT2D eigenvalue weighted by molar-refractivity contribution is 0.869. The number of allylic oxidation sites excluding steroid dienone is 4. The van der Waals surface area contributed by atoms with Crippen molar-refractivity contribution in [3.63, 3.8) is 0 Å². The van der Waals surface area contributed by atoms with Gasteiger partial charge in [-0.2, -0.15) is 0 Å². The van der Waals surface area contributed by atoms with Gasteiger partial charge >= 0.3 is 0 Å². The molecular formula is C19H30. The van der Waals surface area contributed by atoms with Crippen LogP contribution in [0.2, 0.25) is 0 Å². The molecule has 0 heterocycles. The summed E-state index contributed by atoms with van der Waals surface area (Å²) >= 11 is 0. The Hall–Kier alpha value is -1.30. The van der Waals surface area contributed by atoms with Gasteiger partial charge in [0.05, 0.1) is 0 Å². The summed E-state index contributed by atoms with van der Waals surface area (Å²) in [6, 6.07) is 8.48. The molecule has 0 N–H and O–H groups in total. The monoisotopic (exact) mass is 258 g/mol. The highest BCUT2D eigenvalue weighted by atomic mass is 14.0. The van der Waals surface area contributed by atoms with E-state index in [9.17, 15) is 0 Å². The average molecular weight is 258 g/mol. The Kier molecular flexibility index (Phi) is 11.0. The van der Waals surface area contributed by atoms with E-state index in [-0.39, 0.29) is 0 Å². The predicted octanol–water partition coefficient (Wildman–Crippen LogP) is 6.39. The van der Waals surface area contributed by atoms with Gasteiger partial charge in [0.25, 0.3) is 0 Å². The second-order valence-electron chi connectivity index (χ2n) is 4.95. The Balaban J connectivity index is 0.000000356. The summed E-state index contributed by atoms with van der Waals surface area (Å²) in [5, 5.41) is 0. The van der Waals surface area contributed by atoms with Crippen LogP contribution in [0.25, 0.3) is 0 Å². The number of rotatable bonds is 5. The van der Waals surface area contributed by atoms with Crippen LogP contribution >= 0.6 is 0 Å². The van der Waals surface area contributed by atoms with Crippen molar-refractivity contribution in [1.29, 1.82) is 0 Å². The van der Waals surface area contributed by atoms with Crippen molar-refractivity contribution in [3.8, 4) is 0 Å². The molecule has 0 aliphatic carbocycles. The molecule has 0 saturated carbocycles. The normalized spacial score (nSPS) is 11.3. The Labute approximate surface area is 120 Å². The highest BCUT2D eigenvalue weighted by Gasteiger charge is 1.90. The number of benzene rings is 1. The van der Waals surface area contributed by atoms with Gasteiger partial charge in [-0.15, -0.1) is 0 Å². The number of aryl methyl sites for hydroxylation is 2. The summed E-state index contributed by atoms with van der Waals surface area (Å²) in [5.74, 6) is 0. The van der Waals surface area contributed by atoms with Crippen molar-refractivity contribution < 1.29 is 0 Å². The molecule has 0 nitrogen and oxygen atoms in total. The molecule has 106 valence electrons. The van der Waals surface area contributed by atoms with Crippen molar-refractivity contribution in [3.05, 3.63) is 59.2 Å². The number of hydrogen-bond donors (Lipinski definition) is 0. The second-order valence-corrected chi connectivity index (χ2v) is 4.95. The summed E-state index contributed by atoms with van der Waals surface area (Å²) in [7, 11) is 0. The Bertz CT molecular complexity index is 345. The smallest absolute Gasteiger partial charge is 0.0139 e. The first-order valence-electron chi connectivity index (χ1n) is 7.46. The standard InChI is InChI=1S/C11H20.C8H10/c1-4-7-10-11(8-5-2)9-6-3;1-7-3-5-8(2)6-4-7/h4,7-8H,5-6,9-10H2,1-3H3;3-6H,1-2H3/b7-4-,11-8-;. The van der Waals surface area contributed by atoms with Crippen LogP contribution in [-0.2, 0) is 0 Å². The van der Waals surface area contributed by atoms with E-state index in [1.54, 1.807) is 5.57 Å². The van der Waals surface area contributed by atoms with Crippen LogP contribution in [0.5, 0.6) is 0 Å². The van der Waals surface area contributed by atoms with E-state index in [0.717, 1.165) is 6.42 Å². The molecule has 0 spiro atoms. The predicted molar refractivity (Wildman–Crippen MR) is 88.6 cm³/mol.